The van der Waals surface area contributed by atoms with Gasteiger partial charge in [-0.05, 0) is 47.1 Å². The van der Waals surface area contributed by atoms with Crippen molar-refractivity contribution in [3.05, 3.63) is 40.9 Å². The summed E-state index contributed by atoms with van der Waals surface area (Å²) < 4.78 is 4.73. The van der Waals surface area contributed by atoms with Crippen LogP contribution in [0.5, 0.6) is 0 Å². The highest BCUT2D eigenvalue weighted by molar-refractivity contribution is 6.33. The third-order valence-electron chi connectivity index (χ3n) is 2.84. The predicted molar refractivity (Wildman–Crippen MR) is 75.7 cm³/mol. The summed E-state index contributed by atoms with van der Waals surface area (Å²) in [6.45, 7) is 2.00. The van der Waals surface area contributed by atoms with Crippen LogP contribution in [0.3, 0.4) is 0 Å². The summed E-state index contributed by atoms with van der Waals surface area (Å²) in [4.78, 5) is 0. The maximum absolute atomic E-state index is 6.16. The first-order valence-electron chi connectivity index (χ1n) is 5.69. The summed E-state index contributed by atoms with van der Waals surface area (Å²) in [7, 11) is 0. The summed E-state index contributed by atoms with van der Waals surface area (Å²) >= 11 is 6.16. The SMILES string of the molecule is Cc1ccc(Cl)c(Nc2ccc(N)c3nonc23)c1. The van der Waals surface area contributed by atoms with Crippen LogP contribution in [-0.2, 0) is 0 Å². The van der Waals surface area contributed by atoms with Crippen LogP contribution in [-0.4, -0.2) is 10.3 Å². The first-order chi connectivity index (χ1) is 9.15. The molecule has 0 spiro atoms. The summed E-state index contributed by atoms with van der Waals surface area (Å²) in [5.41, 5.74) is 10.1. The van der Waals surface area contributed by atoms with Crippen molar-refractivity contribution in [2.24, 2.45) is 0 Å². The molecule has 19 heavy (non-hydrogen) atoms. The van der Waals surface area contributed by atoms with Gasteiger partial charge in [0.1, 0.15) is 0 Å². The van der Waals surface area contributed by atoms with Gasteiger partial charge in [0.25, 0.3) is 0 Å². The quantitative estimate of drug-likeness (QED) is 0.699. The maximum atomic E-state index is 6.16. The molecule has 3 rings (SSSR count). The molecule has 3 N–H and O–H groups in total. The summed E-state index contributed by atoms with van der Waals surface area (Å²) in [6, 6.07) is 9.32. The molecule has 0 aliphatic rings. The van der Waals surface area contributed by atoms with Gasteiger partial charge in [0.2, 0.25) is 0 Å². The van der Waals surface area contributed by atoms with E-state index in [4.69, 9.17) is 22.0 Å². The number of nitrogens with zero attached hydrogens (tertiary/aromatic N) is 2. The molecule has 0 saturated heterocycles. The van der Waals surface area contributed by atoms with Crippen LogP contribution in [0.4, 0.5) is 17.1 Å². The molecule has 0 saturated carbocycles. The Balaban J connectivity index is 2.08. The zero-order valence-electron chi connectivity index (χ0n) is 10.1. The zero-order chi connectivity index (χ0) is 13.4. The average Bonchev–Trinajstić information content (AvgIpc) is 2.87. The molecule has 0 radical (unpaired) electrons. The largest absolute Gasteiger partial charge is 0.397 e. The molecule has 0 atom stereocenters. The lowest BCUT2D eigenvalue weighted by Crippen LogP contribution is -1.95. The Hall–Kier alpha value is -2.27. The second-order valence-electron chi connectivity index (χ2n) is 4.27. The fourth-order valence-electron chi connectivity index (χ4n) is 1.87. The lowest BCUT2D eigenvalue weighted by atomic mass is 10.2. The van der Waals surface area contributed by atoms with Crippen molar-refractivity contribution in [3.8, 4) is 0 Å². The minimum atomic E-state index is 0.525. The van der Waals surface area contributed by atoms with Gasteiger partial charge in [0.05, 0.1) is 22.1 Å². The third kappa shape index (κ3) is 2.08. The van der Waals surface area contributed by atoms with E-state index >= 15 is 0 Å². The Morgan fingerprint density at radius 1 is 1.11 bits per heavy atom. The molecule has 3 aromatic rings. The number of rotatable bonds is 2. The second kappa shape index (κ2) is 4.44. The first-order valence-corrected chi connectivity index (χ1v) is 6.07. The van der Waals surface area contributed by atoms with Crippen LogP contribution in [0.1, 0.15) is 5.56 Å². The van der Waals surface area contributed by atoms with Gasteiger partial charge in [0.15, 0.2) is 11.0 Å². The number of aromatic nitrogens is 2. The van der Waals surface area contributed by atoms with Crippen molar-refractivity contribution in [1.29, 1.82) is 0 Å². The van der Waals surface area contributed by atoms with Crippen LogP contribution < -0.4 is 11.1 Å². The fourth-order valence-corrected chi connectivity index (χ4v) is 2.03. The highest BCUT2D eigenvalue weighted by atomic mass is 35.5. The lowest BCUT2D eigenvalue weighted by molar-refractivity contribution is 0.316. The molecule has 0 bridgehead atoms. The first kappa shape index (κ1) is 11.8. The summed E-state index contributed by atoms with van der Waals surface area (Å²) in [5, 5.41) is 11.5. The smallest absolute Gasteiger partial charge is 0.160 e. The van der Waals surface area contributed by atoms with Gasteiger partial charge in [-0.15, -0.1) is 0 Å². The van der Waals surface area contributed by atoms with Gasteiger partial charge in [0, 0.05) is 0 Å². The van der Waals surface area contributed by atoms with Gasteiger partial charge >= 0.3 is 0 Å². The Bertz CT molecular complexity index is 753. The number of anilines is 3. The lowest BCUT2D eigenvalue weighted by Gasteiger charge is -2.09. The minimum absolute atomic E-state index is 0.525. The van der Waals surface area contributed by atoms with Crippen molar-refractivity contribution in [3.63, 3.8) is 0 Å². The molecule has 0 amide bonds. The van der Waals surface area contributed by atoms with Crippen LogP contribution in [0.2, 0.25) is 5.02 Å². The fraction of sp³-hybridized carbons (Fsp3) is 0.0769. The van der Waals surface area contributed by atoms with E-state index in [1.165, 1.54) is 0 Å². The Labute approximate surface area is 114 Å². The molecule has 96 valence electrons. The zero-order valence-corrected chi connectivity index (χ0v) is 10.9. The molecule has 0 aliphatic carbocycles. The molecule has 1 heterocycles. The maximum Gasteiger partial charge on any atom is 0.160 e. The van der Waals surface area contributed by atoms with Gasteiger partial charge < -0.3 is 11.1 Å². The molecule has 2 aromatic carbocycles. The Morgan fingerprint density at radius 3 is 2.74 bits per heavy atom. The number of hydrogen-bond donors (Lipinski definition) is 2. The minimum Gasteiger partial charge on any atom is -0.397 e. The topological polar surface area (TPSA) is 77.0 Å². The van der Waals surface area contributed by atoms with E-state index in [9.17, 15) is 0 Å². The molecular weight excluding hydrogens is 264 g/mol. The number of aryl methyl sites for hydroxylation is 1. The van der Waals surface area contributed by atoms with Crippen molar-refractivity contribution < 1.29 is 4.63 Å². The number of nitrogen functional groups attached to an aromatic ring is 1. The van der Waals surface area contributed by atoms with Crippen LogP contribution in [0.15, 0.2) is 35.0 Å². The van der Waals surface area contributed by atoms with E-state index in [0.717, 1.165) is 16.9 Å². The molecule has 0 unspecified atom stereocenters. The van der Waals surface area contributed by atoms with Crippen LogP contribution >= 0.6 is 11.6 Å². The van der Waals surface area contributed by atoms with Gasteiger partial charge in [-0.3, -0.25) is 0 Å². The van der Waals surface area contributed by atoms with E-state index in [1.807, 2.05) is 31.2 Å². The summed E-state index contributed by atoms with van der Waals surface area (Å²) in [6.07, 6.45) is 0. The average molecular weight is 275 g/mol. The highest BCUT2D eigenvalue weighted by Gasteiger charge is 2.11. The normalized spacial score (nSPS) is 10.8. The number of benzene rings is 2. The summed E-state index contributed by atoms with van der Waals surface area (Å²) in [5.74, 6) is 0. The van der Waals surface area contributed by atoms with E-state index in [2.05, 4.69) is 15.6 Å². The van der Waals surface area contributed by atoms with Crippen molar-refractivity contribution in [1.82, 2.24) is 10.3 Å². The van der Waals surface area contributed by atoms with E-state index in [1.54, 1.807) is 6.07 Å². The van der Waals surface area contributed by atoms with Crippen molar-refractivity contribution in [2.75, 3.05) is 11.1 Å². The number of hydrogen-bond acceptors (Lipinski definition) is 5. The van der Waals surface area contributed by atoms with Crippen LogP contribution in [0, 0.1) is 6.92 Å². The molecule has 6 heteroatoms. The number of fused-ring (bicyclic) bond motifs is 1. The predicted octanol–water partition coefficient (Wildman–Crippen LogP) is 3.51. The molecular formula is C13H11ClN4O. The third-order valence-corrected chi connectivity index (χ3v) is 3.17. The Morgan fingerprint density at radius 2 is 1.89 bits per heavy atom. The molecule has 5 nitrogen and oxygen atoms in total. The number of halogens is 1. The van der Waals surface area contributed by atoms with E-state index in [-0.39, 0.29) is 0 Å². The second-order valence-corrected chi connectivity index (χ2v) is 4.68. The molecule has 0 aliphatic heterocycles. The highest BCUT2D eigenvalue weighted by Crippen LogP contribution is 2.31. The van der Waals surface area contributed by atoms with Gasteiger partial charge in [-0.1, -0.05) is 17.7 Å². The van der Waals surface area contributed by atoms with Crippen LogP contribution in [0.25, 0.3) is 11.0 Å². The van der Waals surface area contributed by atoms with E-state index < -0.39 is 0 Å². The number of nitrogens with two attached hydrogens (primary N) is 1. The molecule has 1 aromatic heterocycles. The standard InChI is InChI=1S/C13H11ClN4O/c1-7-2-3-8(14)11(6-7)16-10-5-4-9(15)12-13(10)18-19-17-12/h2-6,16H,15H2,1H3. The monoisotopic (exact) mass is 274 g/mol. The molecule has 0 fully saturated rings. The van der Waals surface area contributed by atoms with Gasteiger partial charge in [-0.25, -0.2) is 4.63 Å². The van der Waals surface area contributed by atoms with Crippen molar-refractivity contribution >= 4 is 39.7 Å². The van der Waals surface area contributed by atoms with Gasteiger partial charge in [-0.2, -0.15) is 0 Å². The van der Waals surface area contributed by atoms with Crippen molar-refractivity contribution in [2.45, 2.75) is 6.92 Å². The number of nitrogens with one attached hydrogen (secondary N) is 1. The Kier molecular flexibility index (Phi) is 2.76. The van der Waals surface area contributed by atoms with E-state index in [0.29, 0.717) is 21.7 Å².